The van der Waals surface area contributed by atoms with Crippen LogP contribution in [0.2, 0.25) is 0 Å². The molecule has 0 radical (unpaired) electrons. The van der Waals surface area contributed by atoms with Crippen LogP contribution in [0.4, 0.5) is 5.69 Å². The van der Waals surface area contributed by atoms with Gasteiger partial charge in [0.05, 0.1) is 35.0 Å². The summed E-state index contributed by atoms with van der Waals surface area (Å²) in [5.41, 5.74) is 2.06. The summed E-state index contributed by atoms with van der Waals surface area (Å²) >= 11 is 7.08. The van der Waals surface area contributed by atoms with E-state index in [1.165, 1.54) is 11.2 Å². The van der Waals surface area contributed by atoms with Gasteiger partial charge in [0.25, 0.3) is 0 Å². The normalized spacial score (nSPS) is 15.7. The van der Waals surface area contributed by atoms with Crippen molar-refractivity contribution in [2.45, 2.75) is 13.3 Å². The molecule has 1 aromatic carbocycles. The fourth-order valence-electron chi connectivity index (χ4n) is 2.74. The van der Waals surface area contributed by atoms with Crippen molar-refractivity contribution in [3.05, 3.63) is 23.2 Å². The fourth-order valence-corrected chi connectivity index (χ4v) is 3.83. The number of aryl methyl sites for hydroxylation is 1. The summed E-state index contributed by atoms with van der Waals surface area (Å²) in [4.78, 5) is 6.10. The van der Waals surface area contributed by atoms with Crippen molar-refractivity contribution in [1.29, 1.82) is 0 Å². The smallest absolute Gasteiger partial charge is 0.170 e. The van der Waals surface area contributed by atoms with Gasteiger partial charge < -0.3 is 20.3 Å². The number of thiazole rings is 1. The maximum absolute atomic E-state index is 5.37. The predicted molar refractivity (Wildman–Crippen MR) is 99.6 cm³/mol. The van der Waals surface area contributed by atoms with Crippen LogP contribution in [-0.4, -0.2) is 49.5 Å². The average molecular weight is 352 g/mol. The Morgan fingerprint density at radius 3 is 3.04 bits per heavy atom. The van der Waals surface area contributed by atoms with Gasteiger partial charge in [0.1, 0.15) is 13.1 Å². The summed E-state index contributed by atoms with van der Waals surface area (Å²) < 4.78 is 6.56. The van der Waals surface area contributed by atoms with Gasteiger partial charge in [-0.2, -0.15) is 0 Å². The van der Waals surface area contributed by atoms with E-state index < -0.39 is 0 Å². The van der Waals surface area contributed by atoms with Gasteiger partial charge in [-0.05, 0) is 37.3 Å². The highest BCUT2D eigenvalue weighted by Crippen LogP contribution is 2.24. The molecule has 2 aromatic rings. The van der Waals surface area contributed by atoms with Gasteiger partial charge in [0.15, 0.2) is 5.11 Å². The number of thiocarbonyl (C=S) groups is 1. The van der Waals surface area contributed by atoms with Crippen LogP contribution in [0.5, 0.6) is 0 Å². The second kappa shape index (κ2) is 8.01. The average Bonchev–Trinajstić information content (AvgIpc) is 2.92. The highest BCUT2D eigenvalue weighted by atomic mass is 32.1. The second-order valence-corrected chi connectivity index (χ2v) is 7.41. The Balaban J connectivity index is 1.41. The van der Waals surface area contributed by atoms with Crippen LogP contribution in [0.25, 0.3) is 10.2 Å². The molecule has 3 rings (SSSR count). The second-order valence-electron chi connectivity index (χ2n) is 5.76. The molecule has 0 spiro atoms. The molecular formula is C16H23N4OS2+. The SMILES string of the molecule is Cc1nc2ccc(NC(=S)NCCC[NH+]3CCOCC3)cc2s1. The molecular weight excluding hydrogens is 328 g/mol. The molecule has 0 amide bonds. The lowest BCUT2D eigenvalue weighted by Crippen LogP contribution is -3.14. The number of rotatable bonds is 5. The molecule has 7 heteroatoms. The fraction of sp³-hybridized carbons (Fsp3) is 0.500. The van der Waals surface area contributed by atoms with Crippen LogP contribution < -0.4 is 15.5 Å². The minimum Gasteiger partial charge on any atom is -0.370 e. The van der Waals surface area contributed by atoms with Crippen molar-refractivity contribution in [2.75, 3.05) is 44.7 Å². The zero-order chi connectivity index (χ0) is 16.1. The number of hydrogen-bond donors (Lipinski definition) is 3. The van der Waals surface area contributed by atoms with Gasteiger partial charge in [-0.25, -0.2) is 4.98 Å². The zero-order valence-electron chi connectivity index (χ0n) is 13.4. The van der Waals surface area contributed by atoms with Crippen LogP contribution in [0.15, 0.2) is 18.2 Å². The maximum atomic E-state index is 5.37. The first kappa shape index (κ1) is 16.6. The minimum atomic E-state index is 0.683. The highest BCUT2D eigenvalue weighted by molar-refractivity contribution is 7.80. The molecule has 0 saturated carbocycles. The van der Waals surface area contributed by atoms with Crippen molar-refractivity contribution >= 4 is 44.6 Å². The number of nitrogens with one attached hydrogen (secondary N) is 3. The molecule has 5 nitrogen and oxygen atoms in total. The van der Waals surface area contributed by atoms with E-state index >= 15 is 0 Å². The first-order valence-corrected chi connectivity index (χ1v) is 9.26. The number of ether oxygens (including phenoxy) is 1. The van der Waals surface area contributed by atoms with Crippen LogP contribution in [0, 0.1) is 6.92 Å². The van der Waals surface area contributed by atoms with Gasteiger partial charge in [-0.1, -0.05) is 0 Å². The Kier molecular flexibility index (Phi) is 5.77. The summed E-state index contributed by atoms with van der Waals surface area (Å²) in [6.45, 7) is 8.13. The zero-order valence-corrected chi connectivity index (χ0v) is 15.0. The number of hydrogen-bond acceptors (Lipinski definition) is 4. The van der Waals surface area contributed by atoms with E-state index in [1.54, 1.807) is 16.2 Å². The molecule has 1 aliphatic rings. The lowest BCUT2D eigenvalue weighted by molar-refractivity contribution is -0.908. The van der Waals surface area contributed by atoms with Gasteiger partial charge in [-0.15, -0.1) is 11.3 Å². The minimum absolute atomic E-state index is 0.683. The van der Waals surface area contributed by atoms with Gasteiger partial charge in [0, 0.05) is 18.7 Å². The molecule has 1 aliphatic heterocycles. The van der Waals surface area contributed by atoms with E-state index in [4.69, 9.17) is 17.0 Å². The van der Waals surface area contributed by atoms with Gasteiger partial charge in [0.2, 0.25) is 0 Å². The van der Waals surface area contributed by atoms with Crippen LogP contribution in [0.3, 0.4) is 0 Å². The quantitative estimate of drug-likeness (QED) is 0.558. The van der Waals surface area contributed by atoms with E-state index in [0.717, 1.165) is 55.5 Å². The van der Waals surface area contributed by atoms with Gasteiger partial charge in [-0.3, -0.25) is 0 Å². The van der Waals surface area contributed by atoms with Crippen molar-refractivity contribution < 1.29 is 9.64 Å². The third kappa shape index (κ3) is 4.84. The number of aromatic nitrogens is 1. The molecule has 0 unspecified atom stereocenters. The molecule has 124 valence electrons. The van der Waals surface area contributed by atoms with E-state index in [0.29, 0.717) is 5.11 Å². The van der Waals surface area contributed by atoms with Crippen LogP contribution in [-0.2, 0) is 4.74 Å². The molecule has 3 N–H and O–H groups in total. The summed E-state index contributed by atoms with van der Waals surface area (Å²) in [5.74, 6) is 0. The van der Waals surface area contributed by atoms with Crippen molar-refractivity contribution in [2.24, 2.45) is 0 Å². The summed E-state index contributed by atoms with van der Waals surface area (Å²) in [6, 6.07) is 6.16. The number of benzene rings is 1. The molecule has 1 aromatic heterocycles. The van der Waals surface area contributed by atoms with E-state index in [-0.39, 0.29) is 0 Å². The Hall–Kier alpha value is -1.28. The standard InChI is InChI=1S/C16H22N4OS2/c1-12-18-14-4-3-13(11-15(14)23-12)19-16(22)17-5-2-6-20-7-9-21-10-8-20/h3-4,11H,2,5-10H2,1H3,(H2,17,19,22)/p+1. The first-order valence-electron chi connectivity index (χ1n) is 8.04. The Morgan fingerprint density at radius 2 is 2.22 bits per heavy atom. The summed E-state index contributed by atoms with van der Waals surface area (Å²) in [7, 11) is 0. The predicted octanol–water partition coefficient (Wildman–Crippen LogP) is 1.20. The Labute approximate surface area is 146 Å². The third-order valence-corrected chi connectivity index (χ3v) is 5.13. The lowest BCUT2D eigenvalue weighted by Gasteiger charge is -2.23. The number of morpholine rings is 1. The van der Waals surface area contributed by atoms with Crippen molar-refractivity contribution in [3.63, 3.8) is 0 Å². The monoisotopic (exact) mass is 351 g/mol. The molecule has 23 heavy (non-hydrogen) atoms. The van der Waals surface area contributed by atoms with Crippen molar-refractivity contribution in [3.8, 4) is 0 Å². The molecule has 1 fully saturated rings. The Bertz CT molecular complexity index is 667. The molecule has 0 atom stereocenters. The number of anilines is 1. The summed E-state index contributed by atoms with van der Waals surface area (Å²) in [6.07, 6.45) is 1.12. The molecule has 1 saturated heterocycles. The molecule has 2 heterocycles. The van der Waals surface area contributed by atoms with Crippen molar-refractivity contribution in [1.82, 2.24) is 10.3 Å². The number of nitrogens with zero attached hydrogens (tertiary/aromatic N) is 1. The van der Waals surface area contributed by atoms with Crippen LogP contribution >= 0.6 is 23.6 Å². The molecule has 0 bridgehead atoms. The largest absolute Gasteiger partial charge is 0.370 e. The number of fused-ring (bicyclic) bond motifs is 1. The van der Waals surface area contributed by atoms with E-state index in [2.05, 4.69) is 21.7 Å². The maximum Gasteiger partial charge on any atom is 0.170 e. The third-order valence-electron chi connectivity index (χ3n) is 3.95. The first-order chi connectivity index (χ1) is 11.2. The summed E-state index contributed by atoms with van der Waals surface area (Å²) in [5, 5.41) is 8.31. The Morgan fingerprint density at radius 1 is 1.39 bits per heavy atom. The van der Waals surface area contributed by atoms with E-state index in [1.807, 2.05) is 19.1 Å². The topological polar surface area (TPSA) is 50.6 Å². The molecule has 0 aliphatic carbocycles. The van der Waals surface area contributed by atoms with Gasteiger partial charge >= 0.3 is 0 Å². The lowest BCUT2D eigenvalue weighted by atomic mass is 10.3. The van der Waals surface area contributed by atoms with Crippen LogP contribution in [0.1, 0.15) is 11.4 Å². The van der Waals surface area contributed by atoms with E-state index in [9.17, 15) is 0 Å². The highest BCUT2D eigenvalue weighted by Gasteiger charge is 2.12. The number of quaternary nitrogens is 1.